The Morgan fingerprint density at radius 2 is 2.60 bits per heavy atom. The molecule has 1 aliphatic rings. The minimum Gasteiger partial charge on any atom is -0.467 e. The van der Waals surface area contributed by atoms with E-state index in [2.05, 4.69) is 10.3 Å². The lowest BCUT2D eigenvalue weighted by molar-refractivity contribution is -0.0470. The van der Waals surface area contributed by atoms with Crippen molar-refractivity contribution in [1.29, 1.82) is 0 Å². The summed E-state index contributed by atoms with van der Waals surface area (Å²) in [6.07, 6.45) is 0.337. The highest BCUT2D eigenvalue weighted by molar-refractivity contribution is 7.11. The van der Waals surface area contributed by atoms with Gasteiger partial charge in [-0.3, -0.25) is 0 Å². The zero-order valence-electron chi connectivity index (χ0n) is 8.40. The molecule has 15 heavy (non-hydrogen) atoms. The van der Waals surface area contributed by atoms with Crippen molar-refractivity contribution < 1.29 is 9.47 Å². The molecule has 0 amide bonds. The number of ether oxygens (including phenoxy) is 2. The van der Waals surface area contributed by atoms with E-state index in [1.807, 2.05) is 6.92 Å². The van der Waals surface area contributed by atoms with Crippen LogP contribution in [0.1, 0.15) is 6.92 Å². The maximum atomic E-state index is 5.68. The lowest BCUT2D eigenvalue weighted by atomic mass is 10.2. The monoisotopic (exact) mass is 248 g/mol. The van der Waals surface area contributed by atoms with E-state index in [9.17, 15) is 0 Å². The van der Waals surface area contributed by atoms with Crippen molar-refractivity contribution in [3.05, 3.63) is 10.5 Å². The molecule has 1 N–H and O–H groups in total. The van der Waals surface area contributed by atoms with Gasteiger partial charge in [0.25, 0.3) is 5.19 Å². The number of nitrogens with zero attached hydrogens (tertiary/aromatic N) is 1. The Morgan fingerprint density at radius 1 is 1.73 bits per heavy atom. The fourth-order valence-electron chi connectivity index (χ4n) is 1.44. The zero-order valence-corrected chi connectivity index (χ0v) is 9.98. The molecule has 0 bridgehead atoms. The highest BCUT2D eigenvalue weighted by atomic mass is 35.5. The van der Waals surface area contributed by atoms with Crippen LogP contribution >= 0.6 is 22.9 Å². The molecule has 2 heterocycles. The van der Waals surface area contributed by atoms with Crippen molar-refractivity contribution in [2.75, 3.05) is 19.7 Å². The second-order valence-corrected chi connectivity index (χ2v) is 4.68. The Hall–Kier alpha value is -0.360. The number of halogens is 1. The molecular formula is C9H13ClN2O2S. The van der Waals surface area contributed by atoms with Crippen LogP contribution in [0.15, 0.2) is 5.38 Å². The van der Waals surface area contributed by atoms with Crippen LogP contribution in [-0.2, 0) is 4.74 Å². The number of hydrogen-bond donors (Lipinski definition) is 1. The summed E-state index contributed by atoms with van der Waals surface area (Å²) in [5, 5.41) is 6.10. The van der Waals surface area contributed by atoms with Crippen molar-refractivity contribution in [3.8, 4) is 5.19 Å². The molecule has 0 aliphatic carbocycles. The quantitative estimate of drug-likeness (QED) is 0.882. The predicted octanol–water partition coefficient (Wildman–Crippen LogP) is 1.55. The summed E-state index contributed by atoms with van der Waals surface area (Å²) < 4.78 is 11.1. The van der Waals surface area contributed by atoms with Crippen molar-refractivity contribution >= 4 is 22.9 Å². The van der Waals surface area contributed by atoms with Gasteiger partial charge < -0.3 is 14.8 Å². The third-order valence-corrected chi connectivity index (χ3v) is 3.15. The predicted molar refractivity (Wildman–Crippen MR) is 59.8 cm³/mol. The van der Waals surface area contributed by atoms with Crippen LogP contribution in [0.4, 0.5) is 0 Å². The first-order valence-corrected chi connectivity index (χ1v) is 6.10. The first kappa shape index (κ1) is 11.1. The van der Waals surface area contributed by atoms with Crippen LogP contribution in [-0.4, -0.2) is 36.9 Å². The average Bonchev–Trinajstić information content (AvgIpc) is 2.62. The molecule has 1 aliphatic heterocycles. The van der Waals surface area contributed by atoms with Gasteiger partial charge in [-0.05, 0) is 6.92 Å². The summed E-state index contributed by atoms with van der Waals surface area (Å²) in [6.45, 7) is 4.28. The van der Waals surface area contributed by atoms with Gasteiger partial charge in [0.05, 0.1) is 6.10 Å². The minimum absolute atomic E-state index is 0.0939. The molecular weight excluding hydrogens is 236 g/mol. The normalized spacial score (nSPS) is 26.5. The number of thiazole rings is 1. The summed E-state index contributed by atoms with van der Waals surface area (Å²) >= 11 is 7.08. The van der Waals surface area contributed by atoms with Crippen molar-refractivity contribution in [1.82, 2.24) is 10.3 Å². The van der Waals surface area contributed by atoms with Gasteiger partial charge in [-0.15, -0.1) is 0 Å². The van der Waals surface area contributed by atoms with Gasteiger partial charge >= 0.3 is 0 Å². The van der Waals surface area contributed by atoms with Crippen molar-refractivity contribution in [3.63, 3.8) is 0 Å². The zero-order chi connectivity index (χ0) is 10.7. The summed E-state index contributed by atoms with van der Waals surface area (Å²) in [5.74, 6) is 0. The molecule has 1 saturated heterocycles. The lowest BCUT2D eigenvalue weighted by Gasteiger charge is -2.28. The van der Waals surface area contributed by atoms with Crippen LogP contribution in [0.25, 0.3) is 0 Å². The van der Waals surface area contributed by atoms with Gasteiger partial charge in [-0.1, -0.05) is 22.9 Å². The smallest absolute Gasteiger partial charge is 0.274 e. The number of morpholine rings is 1. The Kier molecular flexibility index (Phi) is 3.80. The fraction of sp³-hybridized carbons (Fsp3) is 0.667. The van der Waals surface area contributed by atoms with Gasteiger partial charge in [0, 0.05) is 18.5 Å². The molecule has 84 valence electrons. The Morgan fingerprint density at radius 3 is 3.27 bits per heavy atom. The third-order valence-electron chi connectivity index (χ3n) is 2.08. The first-order chi connectivity index (χ1) is 7.24. The van der Waals surface area contributed by atoms with Crippen LogP contribution in [0.3, 0.4) is 0 Å². The molecule has 1 aromatic rings. The van der Waals surface area contributed by atoms with E-state index < -0.39 is 0 Å². The summed E-state index contributed by atoms with van der Waals surface area (Å²) in [4.78, 5) is 4.00. The van der Waals surface area contributed by atoms with Crippen LogP contribution < -0.4 is 10.1 Å². The number of nitrogens with one attached hydrogen (secondary N) is 1. The molecule has 6 heteroatoms. The first-order valence-electron chi connectivity index (χ1n) is 4.84. The second-order valence-electron chi connectivity index (χ2n) is 3.47. The number of hydrogen-bond acceptors (Lipinski definition) is 5. The van der Waals surface area contributed by atoms with E-state index in [-0.39, 0.29) is 12.2 Å². The minimum atomic E-state index is 0.0939. The highest BCUT2D eigenvalue weighted by Crippen LogP contribution is 2.21. The van der Waals surface area contributed by atoms with Crippen LogP contribution in [0, 0.1) is 0 Å². The van der Waals surface area contributed by atoms with E-state index in [0.29, 0.717) is 17.0 Å². The molecule has 0 spiro atoms. The molecule has 2 atom stereocenters. The van der Waals surface area contributed by atoms with Gasteiger partial charge in [0.1, 0.15) is 17.9 Å². The van der Waals surface area contributed by atoms with E-state index in [1.165, 1.54) is 11.3 Å². The van der Waals surface area contributed by atoms with Gasteiger partial charge in [0.15, 0.2) is 0 Å². The molecule has 2 unspecified atom stereocenters. The maximum Gasteiger partial charge on any atom is 0.274 e. The van der Waals surface area contributed by atoms with Gasteiger partial charge in [0.2, 0.25) is 0 Å². The van der Waals surface area contributed by atoms with Crippen LogP contribution in [0.2, 0.25) is 5.15 Å². The lowest BCUT2D eigenvalue weighted by Crippen LogP contribution is -2.45. The van der Waals surface area contributed by atoms with E-state index in [0.717, 1.165) is 13.1 Å². The third kappa shape index (κ3) is 3.31. The summed E-state index contributed by atoms with van der Waals surface area (Å²) in [7, 11) is 0. The van der Waals surface area contributed by atoms with Crippen molar-refractivity contribution in [2.45, 2.75) is 19.1 Å². The van der Waals surface area contributed by atoms with Crippen molar-refractivity contribution in [2.24, 2.45) is 0 Å². The summed E-state index contributed by atoms with van der Waals surface area (Å²) in [5.41, 5.74) is 0. The molecule has 4 nitrogen and oxygen atoms in total. The average molecular weight is 249 g/mol. The molecule has 2 rings (SSSR count). The molecule has 1 aromatic heterocycles. The van der Waals surface area contributed by atoms with E-state index in [4.69, 9.17) is 21.1 Å². The molecule has 1 fully saturated rings. The molecule has 0 aromatic carbocycles. The van der Waals surface area contributed by atoms with Gasteiger partial charge in [-0.2, -0.15) is 4.98 Å². The Bertz CT molecular complexity index is 321. The number of aromatic nitrogens is 1. The summed E-state index contributed by atoms with van der Waals surface area (Å²) in [6, 6.07) is 0. The maximum absolute atomic E-state index is 5.68. The highest BCUT2D eigenvalue weighted by Gasteiger charge is 2.19. The second kappa shape index (κ2) is 5.12. The number of rotatable bonds is 3. The SMILES string of the molecule is CC1CNCC(COc2nc(Cl)cs2)O1. The topological polar surface area (TPSA) is 43.4 Å². The molecule has 0 radical (unpaired) electrons. The largest absolute Gasteiger partial charge is 0.467 e. The Balaban J connectivity index is 1.77. The standard InChI is InChI=1S/C9H13ClN2O2S/c1-6-2-11-3-7(14-6)4-13-9-12-8(10)5-15-9/h5-7,11H,2-4H2,1H3. The van der Waals surface area contributed by atoms with E-state index in [1.54, 1.807) is 5.38 Å². The Labute approximate surface area is 97.6 Å². The molecule has 0 saturated carbocycles. The van der Waals surface area contributed by atoms with Gasteiger partial charge in [-0.25, -0.2) is 0 Å². The fourth-order valence-corrected chi connectivity index (χ4v) is 2.24. The van der Waals surface area contributed by atoms with E-state index >= 15 is 0 Å². The van der Waals surface area contributed by atoms with Crippen LogP contribution in [0.5, 0.6) is 5.19 Å².